The fourth-order valence-electron chi connectivity index (χ4n) is 2.78. The van der Waals surface area contributed by atoms with E-state index in [-0.39, 0.29) is 5.54 Å². The van der Waals surface area contributed by atoms with Crippen molar-refractivity contribution in [3.63, 3.8) is 0 Å². The summed E-state index contributed by atoms with van der Waals surface area (Å²) in [5.41, 5.74) is 6.92. The van der Waals surface area contributed by atoms with Crippen LogP contribution in [0.25, 0.3) is 0 Å². The molecule has 0 saturated heterocycles. The number of guanidine groups is 1. The zero-order valence-corrected chi connectivity index (χ0v) is 11.5. The summed E-state index contributed by atoms with van der Waals surface area (Å²) < 4.78 is 5.47. The van der Waals surface area contributed by atoms with Gasteiger partial charge in [0, 0.05) is 11.6 Å². The molecular weight excluding hydrogens is 226 g/mol. The lowest BCUT2D eigenvalue weighted by atomic mass is 9.89. The highest BCUT2D eigenvalue weighted by Crippen LogP contribution is 2.38. The molecule has 0 spiro atoms. The minimum absolute atomic E-state index is 0.231. The van der Waals surface area contributed by atoms with Crippen LogP contribution in [0.1, 0.15) is 26.3 Å². The quantitative estimate of drug-likeness (QED) is 0.888. The number of nitrogens with two attached hydrogens (primary N) is 1. The lowest BCUT2D eigenvalue weighted by molar-refractivity contribution is 0.180. The van der Waals surface area contributed by atoms with Crippen molar-refractivity contribution in [2.45, 2.75) is 32.4 Å². The molecule has 0 aromatic heterocycles. The molecule has 1 aromatic rings. The van der Waals surface area contributed by atoms with E-state index in [1.165, 1.54) is 0 Å². The highest BCUT2D eigenvalue weighted by atomic mass is 16.5. The SMILES string of the molecule is COc1ccccc1C1(C)CN=C(N)N1C(C)C. The Bertz CT molecular complexity index is 470. The van der Waals surface area contributed by atoms with Gasteiger partial charge in [0.05, 0.1) is 19.2 Å². The highest BCUT2D eigenvalue weighted by molar-refractivity contribution is 5.81. The molecule has 0 radical (unpaired) electrons. The van der Waals surface area contributed by atoms with Crippen LogP contribution in [0.4, 0.5) is 0 Å². The molecule has 2 N–H and O–H groups in total. The van der Waals surface area contributed by atoms with Gasteiger partial charge in [-0.2, -0.15) is 0 Å². The van der Waals surface area contributed by atoms with Crippen molar-refractivity contribution >= 4 is 5.96 Å². The molecule has 2 rings (SSSR count). The van der Waals surface area contributed by atoms with Crippen LogP contribution in [-0.4, -0.2) is 30.6 Å². The van der Waals surface area contributed by atoms with E-state index < -0.39 is 0 Å². The largest absolute Gasteiger partial charge is 0.496 e. The van der Waals surface area contributed by atoms with Gasteiger partial charge in [-0.05, 0) is 26.8 Å². The minimum Gasteiger partial charge on any atom is -0.496 e. The van der Waals surface area contributed by atoms with E-state index in [1.807, 2.05) is 18.2 Å². The monoisotopic (exact) mass is 247 g/mol. The van der Waals surface area contributed by atoms with Crippen LogP contribution in [0.15, 0.2) is 29.3 Å². The Labute approximate surface area is 108 Å². The highest BCUT2D eigenvalue weighted by Gasteiger charge is 2.42. The molecule has 0 fully saturated rings. The minimum atomic E-state index is -0.231. The first-order chi connectivity index (χ1) is 8.50. The number of ether oxygens (including phenoxy) is 1. The van der Waals surface area contributed by atoms with Crippen molar-refractivity contribution in [1.29, 1.82) is 0 Å². The third-order valence-corrected chi connectivity index (χ3v) is 3.53. The van der Waals surface area contributed by atoms with Gasteiger partial charge >= 0.3 is 0 Å². The van der Waals surface area contributed by atoms with E-state index in [4.69, 9.17) is 10.5 Å². The van der Waals surface area contributed by atoms with Crippen molar-refractivity contribution in [2.24, 2.45) is 10.7 Å². The number of hydrogen-bond donors (Lipinski definition) is 1. The summed E-state index contributed by atoms with van der Waals surface area (Å²) in [6.45, 7) is 7.08. The Morgan fingerprint density at radius 3 is 2.67 bits per heavy atom. The van der Waals surface area contributed by atoms with E-state index in [1.54, 1.807) is 7.11 Å². The van der Waals surface area contributed by atoms with E-state index in [0.29, 0.717) is 18.5 Å². The molecule has 0 saturated carbocycles. The molecule has 0 bridgehead atoms. The number of benzene rings is 1. The third-order valence-electron chi connectivity index (χ3n) is 3.53. The molecule has 1 aliphatic heterocycles. The molecule has 1 aromatic carbocycles. The predicted molar refractivity (Wildman–Crippen MR) is 73.8 cm³/mol. The Hall–Kier alpha value is -1.71. The second kappa shape index (κ2) is 4.52. The molecule has 1 atom stereocenters. The number of aliphatic imine (C=N–C) groups is 1. The Kier molecular flexibility index (Phi) is 3.20. The molecule has 1 heterocycles. The van der Waals surface area contributed by atoms with Gasteiger partial charge in [0.25, 0.3) is 0 Å². The van der Waals surface area contributed by atoms with E-state index >= 15 is 0 Å². The summed E-state index contributed by atoms with van der Waals surface area (Å²) in [6, 6.07) is 8.36. The number of hydrogen-bond acceptors (Lipinski definition) is 4. The second-order valence-electron chi connectivity index (χ2n) is 5.11. The van der Waals surface area contributed by atoms with Gasteiger partial charge in [-0.25, -0.2) is 0 Å². The average Bonchev–Trinajstić information content (AvgIpc) is 2.66. The zero-order valence-electron chi connectivity index (χ0n) is 11.5. The maximum atomic E-state index is 6.02. The number of nitrogens with zero attached hydrogens (tertiary/aromatic N) is 2. The Balaban J connectivity index is 2.48. The summed E-state index contributed by atoms with van der Waals surface area (Å²) in [4.78, 5) is 6.57. The molecule has 0 aliphatic carbocycles. The van der Waals surface area contributed by atoms with Gasteiger partial charge in [0.15, 0.2) is 5.96 Å². The molecule has 1 unspecified atom stereocenters. The Morgan fingerprint density at radius 1 is 1.39 bits per heavy atom. The molecular formula is C14H21N3O. The smallest absolute Gasteiger partial charge is 0.192 e. The fraction of sp³-hybridized carbons (Fsp3) is 0.500. The van der Waals surface area contributed by atoms with Crippen molar-refractivity contribution < 1.29 is 4.74 Å². The lowest BCUT2D eigenvalue weighted by Gasteiger charge is -2.40. The first-order valence-electron chi connectivity index (χ1n) is 6.23. The third kappa shape index (κ3) is 1.82. The van der Waals surface area contributed by atoms with Gasteiger partial charge < -0.3 is 15.4 Å². The molecule has 18 heavy (non-hydrogen) atoms. The summed E-state index contributed by atoms with van der Waals surface area (Å²) in [7, 11) is 1.70. The van der Waals surface area contributed by atoms with Crippen LogP contribution in [0.3, 0.4) is 0 Å². The molecule has 0 amide bonds. The predicted octanol–water partition coefficient (Wildman–Crippen LogP) is 1.95. The molecule has 98 valence electrons. The van der Waals surface area contributed by atoms with Crippen LogP contribution >= 0.6 is 0 Å². The van der Waals surface area contributed by atoms with Gasteiger partial charge in [-0.15, -0.1) is 0 Å². The normalized spacial score (nSPS) is 23.4. The fourth-order valence-corrected chi connectivity index (χ4v) is 2.78. The average molecular weight is 247 g/mol. The van der Waals surface area contributed by atoms with Gasteiger partial charge in [-0.3, -0.25) is 4.99 Å². The summed E-state index contributed by atoms with van der Waals surface area (Å²) >= 11 is 0. The first-order valence-corrected chi connectivity index (χ1v) is 6.23. The maximum absolute atomic E-state index is 6.02. The van der Waals surface area contributed by atoms with Crippen LogP contribution in [0.2, 0.25) is 0 Å². The summed E-state index contributed by atoms with van der Waals surface area (Å²) in [5.74, 6) is 1.49. The lowest BCUT2D eigenvalue weighted by Crippen LogP contribution is -2.51. The topological polar surface area (TPSA) is 50.9 Å². The van der Waals surface area contributed by atoms with Gasteiger partial charge in [-0.1, -0.05) is 18.2 Å². The number of rotatable bonds is 3. The van der Waals surface area contributed by atoms with E-state index in [9.17, 15) is 0 Å². The van der Waals surface area contributed by atoms with Crippen LogP contribution in [0, 0.1) is 0 Å². The van der Waals surface area contributed by atoms with Crippen molar-refractivity contribution in [2.75, 3.05) is 13.7 Å². The summed E-state index contributed by atoms with van der Waals surface area (Å²) in [6.07, 6.45) is 0. The summed E-state index contributed by atoms with van der Waals surface area (Å²) in [5, 5.41) is 0. The number of para-hydroxylation sites is 1. The zero-order chi connectivity index (χ0) is 13.3. The van der Waals surface area contributed by atoms with E-state index in [2.05, 4.69) is 36.7 Å². The van der Waals surface area contributed by atoms with E-state index in [0.717, 1.165) is 11.3 Å². The van der Waals surface area contributed by atoms with Crippen LogP contribution in [0.5, 0.6) is 5.75 Å². The maximum Gasteiger partial charge on any atom is 0.192 e. The molecule has 4 nitrogen and oxygen atoms in total. The van der Waals surface area contributed by atoms with Crippen molar-refractivity contribution in [1.82, 2.24) is 4.90 Å². The first kappa shape index (κ1) is 12.7. The number of methoxy groups -OCH3 is 1. The molecule has 4 heteroatoms. The van der Waals surface area contributed by atoms with Gasteiger partial charge in [0.2, 0.25) is 0 Å². The van der Waals surface area contributed by atoms with Crippen molar-refractivity contribution in [3.8, 4) is 5.75 Å². The second-order valence-corrected chi connectivity index (χ2v) is 5.11. The standard InChI is InChI=1S/C14H21N3O/c1-10(2)17-13(15)16-9-14(17,3)11-7-5-6-8-12(11)18-4/h5-8,10H,9H2,1-4H3,(H2,15,16). The Morgan fingerprint density at radius 2 is 2.06 bits per heavy atom. The van der Waals surface area contributed by atoms with Crippen LogP contribution < -0.4 is 10.5 Å². The van der Waals surface area contributed by atoms with Crippen LogP contribution in [-0.2, 0) is 5.54 Å². The molecule has 1 aliphatic rings. The van der Waals surface area contributed by atoms with Crippen molar-refractivity contribution in [3.05, 3.63) is 29.8 Å². The van der Waals surface area contributed by atoms with Gasteiger partial charge in [0.1, 0.15) is 5.75 Å².